The van der Waals surface area contributed by atoms with Crippen LogP contribution in [0.15, 0.2) is 36.4 Å². The van der Waals surface area contributed by atoms with Crippen LogP contribution in [0.4, 0.5) is 5.69 Å². The molecule has 0 aliphatic heterocycles. The molecule has 0 saturated heterocycles. The van der Waals surface area contributed by atoms with Gasteiger partial charge in [0, 0.05) is 5.56 Å². The second kappa shape index (κ2) is 5.85. The molecule has 0 aliphatic rings. The van der Waals surface area contributed by atoms with Crippen molar-refractivity contribution < 1.29 is 19.8 Å². The first-order valence-corrected chi connectivity index (χ1v) is 6.40. The lowest BCUT2D eigenvalue weighted by Crippen LogP contribution is -2.15. The SMILES string of the molecule is Cc1ccc(C(=O)Nc2cccc(Cl)c2C(=O)O)cc1O. The molecule has 2 aromatic carbocycles. The fourth-order valence-corrected chi connectivity index (χ4v) is 2.05. The number of amides is 1. The van der Waals surface area contributed by atoms with Gasteiger partial charge in [-0.1, -0.05) is 23.7 Å². The number of aryl methyl sites for hydroxylation is 1. The molecule has 21 heavy (non-hydrogen) atoms. The number of carboxylic acids is 1. The predicted molar refractivity (Wildman–Crippen MR) is 79.2 cm³/mol. The summed E-state index contributed by atoms with van der Waals surface area (Å²) in [6.45, 7) is 1.70. The fourth-order valence-electron chi connectivity index (χ4n) is 1.79. The van der Waals surface area contributed by atoms with Crippen LogP contribution in [-0.2, 0) is 0 Å². The molecule has 2 aromatic rings. The molecule has 0 unspecified atom stereocenters. The molecule has 3 N–H and O–H groups in total. The molecule has 0 aromatic heterocycles. The van der Waals surface area contributed by atoms with Gasteiger partial charge in [-0.3, -0.25) is 4.79 Å². The molecule has 0 aliphatic carbocycles. The van der Waals surface area contributed by atoms with Gasteiger partial charge in [0.05, 0.1) is 10.7 Å². The lowest BCUT2D eigenvalue weighted by Gasteiger charge is -2.10. The molecule has 0 spiro atoms. The van der Waals surface area contributed by atoms with Crippen LogP contribution in [0.25, 0.3) is 0 Å². The number of carbonyl (C=O) groups is 2. The van der Waals surface area contributed by atoms with E-state index < -0.39 is 11.9 Å². The normalized spacial score (nSPS) is 10.2. The van der Waals surface area contributed by atoms with Crippen molar-refractivity contribution in [2.24, 2.45) is 0 Å². The monoisotopic (exact) mass is 305 g/mol. The van der Waals surface area contributed by atoms with Gasteiger partial charge in [-0.2, -0.15) is 0 Å². The van der Waals surface area contributed by atoms with Crippen molar-refractivity contribution in [2.45, 2.75) is 6.92 Å². The molecule has 2 rings (SSSR count). The largest absolute Gasteiger partial charge is 0.508 e. The minimum atomic E-state index is -1.23. The van der Waals surface area contributed by atoms with Crippen LogP contribution in [-0.4, -0.2) is 22.1 Å². The van der Waals surface area contributed by atoms with E-state index in [1.807, 2.05) is 0 Å². The Kier molecular flexibility index (Phi) is 4.14. The first kappa shape index (κ1) is 14.9. The van der Waals surface area contributed by atoms with E-state index in [1.54, 1.807) is 13.0 Å². The lowest BCUT2D eigenvalue weighted by atomic mass is 10.1. The van der Waals surface area contributed by atoms with E-state index >= 15 is 0 Å². The molecular weight excluding hydrogens is 294 g/mol. The predicted octanol–water partition coefficient (Wildman–Crippen LogP) is 3.30. The molecule has 0 radical (unpaired) electrons. The summed E-state index contributed by atoms with van der Waals surface area (Å²) in [4.78, 5) is 23.3. The number of rotatable bonds is 3. The number of benzene rings is 2. The third kappa shape index (κ3) is 3.14. The summed E-state index contributed by atoms with van der Waals surface area (Å²) >= 11 is 5.83. The first-order valence-electron chi connectivity index (χ1n) is 6.03. The van der Waals surface area contributed by atoms with Crippen molar-refractivity contribution in [1.82, 2.24) is 0 Å². The number of hydrogen-bond donors (Lipinski definition) is 3. The third-order valence-electron chi connectivity index (χ3n) is 2.95. The van der Waals surface area contributed by atoms with Crippen LogP contribution in [0.1, 0.15) is 26.3 Å². The summed E-state index contributed by atoms with van der Waals surface area (Å²) in [5.74, 6) is -1.77. The zero-order valence-corrected chi connectivity index (χ0v) is 11.8. The Morgan fingerprint density at radius 3 is 2.52 bits per heavy atom. The van der Waals surface area contributed by atoms with Gasteiger partial charge in [0.2, 0.25) is 0 Å². The van der Waals surface area contributed by atoms with Gasteiger partial charge < -0.3 is 15.5 Å². The van der Waals surface area contributed by atoms with Gasteiger partial charge in [-0.25, -0.2) is 4.79 Å². The molecule has 1 amide bonds. The quantitative estimate of drug-likeness (QED) is 0.812. The van der Waals surface area contributed by atoms with Crippen LogP contribution in [0.2, 0.25) is 5.02 Å². The Hall–Kier alpha value is -2.53. The van der Waals surface area contributed by atoms with Gasteiger partial charge >= 0.3 is 5.97 Å². The van der Waals surface area contributed by atoms with Crippen LogP contribution >= 0.6 is 11.6 Å². The van der Waals surface area contributed by atoms with E-state index in [-0.39, 0.29) is 27.6 Å². The molecule has 0 heterocycles. The summed E-state index contributed by atoms with van der Waals surface area (Å²) in [5, 5.41) is 21.3. The van der Waals surface area contributed by atoms with E-state index in [9.17, 15) is 14.7 Å². The first-order chi connectivity index (χ1) is 9.90. The van der Waals surface area contributed by atoms with E-state index in [1.165, 1.54) is 30.3 Å². The standard InChI is InChI=1S/C15H12ClNO4/c1-8-5-6-9(7-12(8)18)14(19)17-11-4-2-3-10(16)13(11)15(20)21/h2-7,18H,1H3,(H,17,19)(H,20,21). The van der Waals surface area contributed by atoms with Gasteiger partial charge in [0.1, 0.15) is 11.3 Å². The number of halogens is 1. The number of phenolic OH excluding ortho intramolecular Hbond substituents is 1. The maximum atomic E-state index is 12.1. The maximum Gasteiger partial charge on any atom is 0.339 e. The van der Waals surface area contributed by atoms with Gasteiger partial charge in [-0.05, 0) is 36.8 Å². The highest BCUT2D eigenvalue weighted by Crippen LogP contribution is 2.25. The summed E-state index contributed by atoms with van der Waals surface area (Å²) in [6, 6.07) is 8.86. The number of nitrogens with one attached hydrogen (secondary N) is 1. The number of carboxylic acid groups (broad SMARTS) is 1. The molecule has 108 valence electrons. The van der Waals surface area contributed by atoms with E-state index in [2.05, 4.69) is 5.32 Å². The number of carbonyl (C=O) groups excluding carboxylic acids is 1. The van der Waals surface area contributed by atoms with Crippen LogP contribution in [0, 0.1) is 6.92 Å². The van der Waals surface area contributed by atoms with Crippen molar-refractivity contribution >= 4 is 29.2 Å². The van der Waals surface area contributed by atoms with Crippen LogP contribution in [0.3, 0.4) is 0 Å². The molecule has 0 fully saturated rings. The summed E-state index contributed by atoms with van der Waals surface area (Å²) in [7, 11) is 0. The molecule has 0 atom stereocenters. The minimum Gasteiger partial charge on any atom is -0.508 e. The number of hydrogen-bond acceptors (Lipinski definition) is 3. The van der Waals surface area contributed by atoms with Crippen molar-refractivity contribution in [1.29, 1.82) is 0 Å². The Morgan fingerprint density at radius 1 is 1.19 bits per heavy atom. The maximum absolute atomic E-state index is 12.1. The highest BCUT2D eigenvalue weighted by atomic mass is 35.5. The fraction of sp³-hybridized carbons (Fsp3) is 0.0667. The summed E-state index contributed by atoms with van der Waals surface area (Å²) in [6.07, 6.45) is 0. The number of anilines is 1. The molecule has 0 bridgehead atoms. The van der Waals surface area contributed by atoms with E-state index in [0.717, 1.165) is 0 Å². The molecule has 6 heteroatoms. The van der Waals surface area contributed by atoms with E-state index in [4.69, 9.17) is 16.7 Å². The average Bonchev–Trinajstić information content (AvgIpc) is 2.41. The molecule has 0 saturated carbocycles. The van der Waals surface area contributed by atoms with Crippen molar-refractivity contribution in [3.8, 4) is 5.75 Å². The van der Waals surface area contributed by atoms with Crippen molar-refractivity contribution in [3.63, 3.8) is 0 Å². The van der Waals surface area contributed by atoms with Crippen LogP contribution in [0.5, 0.6) is 5.75 Å². The smallest absolute Gasteiger partial charge is 0.339 e. The zero-order valence-electron chi connectivity index (χ0n) is 11.1. The van der Waals surface area contributed by atoms with Crippen molar-refractivity contribution in [2.75, 3.05) is 5.32 Å². The van der Waals surface area contributed by atoms with Crippen molar-refractivity contribution in [3.05, 3.63) is 58.1 Å². The Bertz CT molecular complexity index is 728. The topological polar surface area (TPSA) is 86.6 Å². The highest BCUT2D eigenvalue weighted by molar-refractivity contribution is 6.34. The number of phenols is 1. The Labute approximate surface area is 125 Å². The average molecular weight is 306 g/mol. The zero-order chi connectivity index (χ0) is 15.6. The Balaban J connectivity index is 2.34. The highest BCUT2D eigenvalue weighted by Gasteiger charge is 2.17. The van der Waals surface area contributed by atoms with Gasteiger partial charge in [0.25, 0.3) is 5.91 Å². The minimum absolute atomic E-state index is 0.00722. The second-order valence-corrected chi connectivity index (χ2v) is 4.83. The molecule has 5 nitrogen and oxygen atoms in total. The molecular formula is C15H12ClNO4. The summed E-state index contributed by atoms with van der Waals surface area (Å²) < 4.78 is 0. The van der Waals surface area contributed by atoms with Gasteiger partial charge in [0.15, 0.2) is 0 Å². The Morgan fingerprint density at radius 2 is 1.90 bits per heavy atom. The van der Waals surface area contributed by atoms with Gasteiger partial charge in [-0.15, -0.1) is 0 Å². The number of aromatic hydroxyl groups is 1. The van der Waals surface area contributed by atoms with E-state index in [0.29, 0.717) is 5.56 Å². The lowest BCUT2D eigenvalue weighted by molar-refractivity contribution is 0.0698. The summed E-state index contributed by atoms with van der Waals surface area (Å²) in [5.41, 5.74) is 0.777. The number of aromatic carboxylic acids is 1. The third-order valence-corrected chi connectivity index (χ3v) is 3.26. The van der Waals surface area contributed by atoms with Crippen LogP contribution < -0.4 is 5.32 Å². The second-order valence-electron chi connectivity index (χ2n) is 4.42.